The Labute approximate surface area is 123 Å². The summed E-state index contributed by atoms with van der Waals surface area (Å²) in [6.45, 7) is 1.49. The first kappa shape index (κ1) is 12.2. The number of rotatable bonds is 1. The van der Waals surface area contributed by atoms with Crippen LogP contribution in [-0.4, -0.2) is 22.3 Å². The van der Waals surface area contributed by atoms with E-state index in [1.807, 2.05) is 41.4 Å². The van der Waals surface area contributed by atoms with Crippen molar-refractivity contribution in [3.05, 3.63) is 71.4 Å². The van der Waals surface area contributed by atoms with Crippen molar-refractivity contribution in [2.24, 2.45) is 0 Å². The molecule has 1 aliphatic rings. The van der Waals surface area contributed by atoms with Gasteiger partial charge in [0.25, 0.3) is 5.91 Å². The molecule has 3 heteroatoms. The smallest absolute Gasteiger partial charge is 0.256 e. The zero-order valence-corrected chi connectivity index (χ0v) is 11.7. The summed E-state index contributed by atoms with van der Waals surface area (Å²) < 4.78 is 0. The number of hydrogen-bond acceptors (Lipinski definition) is 1. The van der Waals surface area contributed by atoms with Crippen molar-refractivity contribution >= 4 is 16.8 Å². The summed E-state index contributed by atoms with van der Waals surface area (Å²) in [5.74, 6) is 0.113. The van der Waals surface area contributed by atoms with E-state index in [4.69, 9.17) is 0 Å². The second-order valence-electron chi connectivity index (χ2n) is 5.49. The van der Waals surface area contributed by atoms with E-state index in [9.17, 15) is 4.79 Å². The predicted octanol–water partition coefficient (Wildman–Crippen LogP) is 3.37. The van der Waals surface area contributed by atoms with E-state index >= 15 is 0 Å². The van der Waals surface area contributed by atoms with Crippen molar-refractivity contribution < 1.29 is 4.79 Å². The first-order valence-electron chi connectivity index (χ1n) is 7.25. The number of carbonyl (C=O) groups excluding carboxylic acids is 1. The average Bonchev–Trinajstić information content (AvgIpc) is 2.98. The van der Waals surface area contributed by atoms with Crippen molar-refractivity contribution in [2.45, 2.75) is 13.0 Å². The van der Waals surface area contributed by atoms with Crippen LogP contribution in [-0.2, 0) is 13.0 Å². The minimum Gasteiger partial charge on any atom is -0.360 e. The molecule has 0 fully saturated rings. The lowest BCUT2D eigenvalue weighted by Crippen LogP contribution is -2.35. The third-order valence-corrected chi connectivity index (χ3v) is 4.24. The number of fused-ring (bicyclic) bond motifs is 2. The zero-order valence-electron chi connectivity index (χ0n) is 11.7. The van der Waals surface area contributed by atoms with Crippen LogP contribution in [0, 0.1) is 0 Å². The first-order valence-corrected chi connectivity index (χ1v) is 7.25. The monoisotopic (exact) mass is 276 g/mol. The summed E-state index contributed by atoms with van der Waals surface area (Å²) in [7, 11) is 0. The standard InChI is InChI=1S/C18H16N2O/c21-18(16-11-19-17-8-4-3-7-15(16)17)20-10-9-13-5-1-2-6-14(13)12-20/h1-8,11,19H,9-10,12H2. The van der Waals surface area contributed by atoms with Gasteiger partial charge in [0.15, 0.2) is 0 Å². The summed E-state index contributed by atoms with van der Waals surface area (Å²) in [6.07, 6.45) is 2.76. The van der Waals surface area contributed by atoms with E-state index in [1.165, 1.54) is 11.1 Å². The van der Waals surface area contributed by atoms with Gasteiger partial charge in [-0.1, -0.05) is 42.5 Å². The quantitative estimate of drug-likeness (QED) is 0.727. The van der Waals surface area contributed by atoms with Gasteiger partial charge in [0, 0.05) is 30.2 Å². The van der Waals surface area contributed by atoms with Crippen LogP contribution in [0.15, 0.2) is 54.7 Å². The number of nitrogens with zero attached hydrogens (tertiary/aromatic N) is 1. The topological polar surface area (TPSA) is 36.1 Å². The summed E-state index contributed by atoms with van der Waals surface area (Å²) in [4.78, 5) is 17.9. The van der Waals surface area contributed by atoms with E-state index in [1.54, 1.807) is 0 Å². The van der Waals surface area contributed by atoms with Gasteiger partial charge in [-0.25, -0.2) is 0 Å². The molecule has 1 aromatic heterocycles. The molecule has 1 amide bonds. The number of H-pyrrole nitrogens is 1. The number of amides is 1. The predicted molar refractivity (Wildman–Crippen MR) is 83.2 cm³/mol. The molecule has 1 aliphatic heterocycles. The molecular weight excluding hydrogens is 260 g/mol. The molecule has 3 nitrogen and oxygen atoms in total. The molecule has 0 saturated heterocycles. The van der Waals surface area contributed by atoms with Crippen molar-refractivity contribution in [2.75, 3.05) is 6.54 Å². The summed E-state index contributed by atoms with van der Waals surface area (Å²) in [5, 5.41) is 1.00. The van der Waals surface area contributed by atoms with Crippen LogP contribution in [0.1, 0.15) is 21.5 Å². The van der Waals surface area contributed by atoms with Gasteiger partial charge < -0.3 is 9.88 Å². The number of para-hydroxylation sites is 1. The summed E-state index contributed by atoms with van der Waals surface area (Å²) in [5.41, 5.74) is 4.40. The number of nitrogens with one attached hydrogen (secondary N) is 1. The second kappa shape index (κ2) is 4.77. The highest BCUT2D eigenvalue weighted by Crippen LogP contribution is 2.23. The summed E-state index contributed by atoms with van der Waals surface area (Å²) in [6, 6.07) is 16.3. The Balaban J connectivity index is 1.67. The molecular formula is C18H16N2O. The molecule has 0 atom stereocenters. The van der Waals surface area contributed by atoms with E-state index < -0.39 is 0 Å². The molecule has 2 heterocycles. The van der Waals surface area contributed by atoms with Gasteiger partial charge in [-0.3, -0.25) is 4.79 Å². The SMILES string of the molecule is O=C(c1c[nH]c2ccccc12)N1CCc2ccccc2C1. The van der Waals surface area contributed by atoms with Crippen molar-refractivity contribution in [3.63, 3.8) is 0 Å². The fourth-order valence-electron chi connectivity index (χ4n) is 3.09. The molecule has 0 spiro atoms. The Hall–Kier alpha value is -2.55. The van der Waals surface area contributed by atoms with Gasteiger partial charge in [-0.05, 0) is 23.6 Å². The lowest BCUT2D eigenvalue weighted by atomic mass is 9.99. The molecule has 0 unspecified atom stereocenters. The fourth-order valence-corrected chi connectivity index (χ4v) is 3.09. The maximum atomic E-state index is 12.8. The minimum absolute atomic E-state index is 0.113. The molecule has 0 saturated carbocycles. The molecule has 0 aliphatic carbocycles. The van der Waals surface area contributed by atoms with Crippen molar-refractivity contribution in [3.8, 4) is 0 Å². The van der Waals surface area contributed by atoms with Gasteiger partial charge in [0.2, 0.25) is 0 Å². The minimum atomic E-state index is 0.113. The molecule has 4 rings (SSSR count). The van der Waals surface area contributed by atoms with Gasteiger partial charge in [-0.15, -0.1) is 0 Å². The van der Waals surface area contributed by atoms with Gasteiger partial charge in [0.05, 0.1) is 5.56 Å². The molecule has 0 radical (unpaired) electrons. The van der Waals surface area contributed by atoms with E-state index in [-0.39, 0.29) is 5.91 Å². The zero-order chi connectivity index (χ0) is 14.2. The lowest BCUT2D eigenvalue weighted by molar-refractivity contribution is 0.0737. The van der Waals surface area contributed by atoms with Crippen molar-refractivity contribution in [1.82, 2.24) is 9.88 Å². The Bertz CT molecular complexity index is 819. The van der Waals surface area contributed by atoms with E-state index in [0.29, 0.717) is 6.54 Å². The van der Waals surface area contributed by atoms with E-state index in [0.717, 1.165) is 29.4 Å². The first-order chi connectivity index (χ1) is 10.3. The van der Waals surface area contributed by atoms with E-state index in [2.05, 4.69) is 23.2 Å². The van der Waals surface area contributed by atoms with Crippen LogP contribution in [0.2, 0.25) is 0 Å². The second-order valence-corrected chi connectivity index (χ2v) is 5.49. The largest absolute Gasteiger partial charge is 0.360 e. The number of hydrogen-bond donors (Lipinski definition) is 1. The average molecular weight is 276 g/mol. The Morgan fingerprint density at radius 1 is 1.00 bits per heavy atom. The normalized spacial score (nSPS) is 14.2. The molecule has 1 N–H and O–H groups in total. The van der Waals surface area contributed by atoms with Crippen LogP contribution in [0.25, 0.3) is 10.9 Å². The van der Waals surface area contributed by atoms with Crippen molar-refractivity contribution in [1.29, 1.82) is 0 Å². The Morgan fingerprint density at radius 2 is 1.76 bits per heavy atom. The third kappa shape index (κ3) is 2.02. The van der Waals surface area contributed by atoms with Crippen LogP contribution < -0.4 is 0 Å². The van der Waals surface area contributed by atoms with Gasteiger partial charge in [0.1, 0.15) is 0 Å². The highest BCUT2D eigenvalue weighted by Gasteiger charge is 2.23. The number of carbonyl (C=O) groups is 1. The number of aromatic amines is 1. The maximum Gasteiger partial charge on any atom is 0.256 e. The van der Waals surface area contributed by atoms with Crippen LogP contribution >= 0.6 is 0 Å². The Kier molecular flexibility index (Phi) is 2.78. The molecule has 2 aromatic carbocycles. The summed E-state index contributed by atoms with van der Waals surface area (Å²) >= 11 is 0. The third-order valence-electron chi connectivity index (χ3n) is 4.24. The van der Waals surface area contributed by atoms with Gasteiger partial charge in [-0.2, -0.15) is 0 Å². The highest BCUT2D eigenvalue weighted by atomic mass is 16.2. The number of aromatic nitrogens is 1. The maximum absolute atomic E-state index is 12.8. The molecule has 21 heavy (non-hydrogen) atoms. The lowest BCUT2D eigenvalue weighted by Gasteiger charge is -2.28. The number of benzene rings is 2. The highest BCUT2D eigenvalue weighted by molar-refractivity contribution is 6.06. The molecule has 3 aromatic rings. The van der Waals surface area contributed by atoms with Crippen LogP contribution in [0.3, 0.4) is 0 Å². The van der Waals surface area contributed by atoms with Crippen LogP contribution in [0.5, 0.6) is 0 Å². The van der Waals surface area contributed by atoms with Gasteiger partial charge >= 0.3 is 0 Å². The molecule has 104 valence electrons. The fraction of sp³-hybridized carbons (Fsp3) is 0.167. The molecule has 0 bridgehead atoms. The van der Waals surface area contributed by atoms with Crippen LogP contribution in [0.4, 0.5) is 0 Å². The Morgan fingerprint density at radius 3 is 2.67 bits per heavy atom.